The molecule has 0 amide bonds. The van der Waals surface area contributed by atoms with Crippen molar-refractivity contribution in [1.82, 2.24) is 0 Å². The van der Waals surface area contributed by atoms with E-state index < -0.39 is 18.9 Å². The Morgan fingerprint density at radius 1 is 1.29 bits per heavy atom. The van der Waals surface area contributed by atoms with E-state index in [-0.39, 0.29) is 18.1 Å². The average molecular weight is 390 g/mol. The number of hydrogen-bond acceptors (Lipinski definition) is 6. The zero-order chi connectivity index (χ0) is 19.9. The zero-order valence-electron chi connectivity index (χ0n) is 16.3. The molecule has 2 unspecified atom stereocenters. The molecule has 3 N–H and O–H groups in total. The lowest BCUT2D eigenvalue weighted by atomic mass is 9.55. The Hall–Kier alpha value is -1.79. The van der Waals surface area contributed by atoms with E-state index in [0.29, 0.717) is 23.5 Å². The van der Waals surface area contributed by atoms with Gasteiger partial charge >= 0.3 is 6.16 Å². The number of hydrogen-bond donors (Lipinski definition) is 3. The van der Waals surface area contributed by atoms with Crippen LogP contribution in [-0.2, 0) is 15.9 Å². The van der Waals surface area contributed by atoms with Crippen molar-refractivity contribution in [2.24, 2.45) is 17.3 Å². The maximum atomic E-state index is 12.1. The van der Waals surface area contributed by atoms with Crippen LogP contribution in [0.2, 0.25) is 0 Å². The van der Waals surface area contributed by atoms with Crippen LogP contribution in [0.1, 0.15) is 56.1 Å². The fourth-order valence-electron chi connectivity index (χ4n) is 6.08. The highest BCUT2D eigenvalue weighted by atomic mass is 16.7. The Morgan fingerprint density at radius 3 is 2.89 bits per heavy atom. The highest BCUT2D eigenvalue weighted by molar-refractivity contribution is 5.60. The molecule has 1 aromatic carbocycles. The van der Waals surface area contributed by atoms with Gasteiger partial charge < -0.3 is 24.8 Å². The summed E-state index contributed by atoms with van der Waals surface area (Å²) in [5.74, 6) is 1.95. The molecule has 28 heavy (non-hydrogen) atoms. The van der Waals surface area contributed by atoms with E-state index in [9.17, 15) is 15.0 Å². The van der Waals surface area contributed by atoms with Gasteiger partial charge in [-0.25, -0.2) is 4.79 Å². The highest BCUT2D eigenvalue weighted by Crippen LogP contribution is 2.61. The van der Waals surface area contributed by atoms with Crippen LogP contribution < -0.4 is 0 Å². The van der Waals surface area contributed by atoms with Crippen molar-refractivity contribution in [3.63, 3.8) is 0 Å². The average Bonchev–Trinajstić information content (AvgIpc) is 3.02. The number of carbonyl (C=O) groups excluding carboxylic acids is 1. The zero-order valence-corrected chi connectivity index (χ0v) is 16.3. The minimum absolute atomic E-state index is 0.0514. The summed E-state index contributed by atoms with van der Waals surface area (Å²) in [6, 6.07) is 5.81. The summed E-state index contributed by atoms with van der Waals surface area (Å²) in [6.07, 6.45) is 4.04. The molecular formula is C22H30O6. The first kappa shape index (κ1) is 19.5. The van der Waals surface area contributed by atoms with Crippen LogP contribution in [0, 0.1) is 17.3 Å². The van der Waals surface area contributed by atoms with Gasteiger partial charge in [0.15, 0.2) is 0 Å². The largest absolute Gasteiger partial charge is 0.508 e. The van der Waals surface area contributed by atoms with Crippen LogP contribution in [0.3, 0.4) is 0 Å². The molecule has 2 saturated carbocycles. The molecule has 6 heteroatoms. The molecule has 2 fully saturated rings. The summed E-state index contributed by atoms with van der Waals surface area (Å²) in [7, 11) is 0. The Morgan fingerprint density at radius 2 is 2.11 bits per heavy atom. The third-order valence-electron chi connectivity index (χ3n) is 7.47. The number of benzene rings is 1. The number of fused-ring (bicyclic) bond motifs is 5. The van der Waals surface area contributed by atoms with Crippen LogP contribution in [0.25, 0.3) is 0 Å². The van der Waals surface area contributed by atoms with Gasteiger partial charge in [0.1, 0.15) is 24.6 Å². The smallest absolute Gasteiger partial charge is 0.508 e. The van der Waals surface area contributed by atoms with Gasteiger partial charge in [-0.05, 0) is 79.5 Å². The summed E-state index contributed by atoms with van der Waals surface area (Å²) in [6.45, 7) is 1.54. The van der Waals surface area contributed by atoms with E-state index in [1.807, 2.05) is 6.07 Å². The minimum atomic E-state index is -1.07. The van der Waals surface area contributed by atoms with Gasteiger partial charge in [-0.2, -0.15) is 0 Å². The molecule has 0 spiro atoms. The molecule has 0 bridgehead atoms. The number of aryl methyl sites for hydroxylation is 1. The van der Waals surface area contributed by atoms with Gasteiger partial charge in [0.25, 0.3) is 0 Å². The van der Waals surface area contributed by atoms with Crippen LogP contribution in [0.4, 0.5) is 4.79 Å². The number of aromatic hydroxyl groups is 1. The molecule has 4 rings (SSSR count). The maximum Gasteiger partial charge on any atom is 0.508 e. The molecule has 0 saturated heterocycles. The first-order chi connectivity index (χ1) is 13.4. The number of carbonyl (C=O) groups is 1. The van der Waals surface area contributed by atoms with E-state index in [1.54, 1.807) is 6.07 Å². The second-order valence-electron chi connectivity index (χ2n) is 8.92. The van der Waals surface area contributed by atoms with E-state index >= 15 is 0 Å². The van der Waals surface area contributed by atoms with E-state index in [1.165, 1.54) is 11.1 Å². The minimum Gasteiger partial charge on any atom is -0.508 e. The van der Waals surface area contributed by atoms with Gasteiger partial charge in [0.05, 0.1) is 6.61 Å². The molecule has 0 aromatic heterocycles. The Balaban J connectivity index is 1.45. The lowest BCUT2D eigenvalue weighted by Crippen LogP contribution is -2.45. The molecule has 1 aromatic rings. The number of rotatable bonds is 4. The predicted octanol–water partition coefficient (Wildman–Crippen LogP) is 3.12. The Kier molecular flexibility index (Phi) is 5.27. The van der Waals surface area contributed by atoms with Crippen molar-refractivity contribution in [1.29, 1.82) is 0 Å². The van der Waals surface area contributed by atoms with E-state index in [2.05, 4.69) is 13.0 Å². The number of phenolic OH excluding ortho intramolecular Hbond substituents is 1. The quantitative estimate of drug-likeness (QED) is 0.684. The van der Waals surface area contributed by atoms with Crippen LogP contribution >= 0.6 is 0 Å². The molecule has 3 aliphatic rings. The van der Waals surface area contributed by atoms with Crippen LogP contribution in [-0.4, -0.2) is 46.9 Å². The lowest BCUT2D eigenvalue weighted by Gasteiger charge is -2.50. The number of aliphatic hydroxyl groups excluding tert-OH is 2. The summed E-state index contributed by atoms with van der Waals surface area (Å²) in [5, 5.41) is 28.0. The summed E-state index contributed by atoms with van der Waals surface area (Å²) in [5.41, 5.74) is 2.61. The number of aliphatic hydroxyl groups is 2. The summed E-state index contributed by atoms with van der Waals surface area (Å²) in [4.78, 5) is 12.1. The second kappa shape index (κ2) is 7.56. The fraction of sp³-hybridized carbons (Fsp3) is 0.682. The Labute approximate surface area is 165 Å². The van der Waals surface area contributed by atoms with Crippen LogP contribution in [0.5, 0.6) is 5.75 Å². The molecule has 6 atom stereocenters. The molecule has 0 heterocycles. The van der Waals surface area contributed by atoms with Crippen molar-refractivity contribution >= 4 is 6.16 Å². The van der Waals surface area contributed by atoms with E-state index in [0.717, 1.165) is 38.5 Å². The fourth-order valence-corrected chi connectivity index (χ4v) is 6.08. The summed E-state index contributed by atoms with van der Waals surface area (Å²) < 4.78 is 10.6. The molecular weight excluding hydrogens is 360 g/mol. The Bertz CT molecular complexity index is 734. The maximum absolute atomic E-state index is 12.1. The molecule has 0 aliphatic heterocycles. The first-order valence-corrected chi connectivity index (χ1v) is 10.4. The van der Waals surface area contributed by atoms with Gasteiger partial charge in [0.2, 0.25) is 0 Å². The summed E-state index contributed by atoms with van der Waals surface area (Å²) >= 11 is 0. The van der Waals surface area contributed by atoms with Gasteiger partial charge in [-0.3, -0.25) is 0 Å². The van der Waals surface area contributed by atoms with Crippen molar-refractivity contribution in [3.05, 3.63) is 29.3 Å². The third-order valence-corrected chi connectivity index (χ3v) is 7.47. The molecule has 154 valence electrons. The normalized spacial score (nSPS) is 34.7. The topological polar surface area (TPSA) is 96.2 Å². The van der Waals surface area contributed by atoms with E-state index in [4.69, 9.17) is 14.6 Å². The van der Waals surface area contributed by atoms with Gasteiger partial charge in [-0.1, -0.05) is 13.0 Å². The highest BCUT2D eigenvalue weighted by Gasteiger charge is 2.56. The SMILES string of the molecule is C[C@]12CC[C@@H]3c4ccc(O)cc4CCC3[C@@H]1CC[C@H]2OC(=O)OCC(O)CO. The third kappa shape index (κ3) is 3.37. The van der Waals surface area contributed by atoms with Crippen molar-refractivity contribution in [2.45, 2.75) is 63.6 Å². The standard InChI is InChI=1S/C22H30O6/c1-22-9-8-17-16-5-3-14(24)10-13(16)2-4-18(17)19(22)6-7-20(22)28-21(26)27-12-15(25)11-23/h3,5,10,15,17-20,23-25H,2,4,6-9,11-12H2,1H3/t15?,17-,18?,19+,20-,22+/m1/s1. The van der Waals surface area contributed by atoms with Crippen LogP contribution in [0.15, 0.2) is 18.2 Å². The van der Waals surface area contributed by atoms with Gasteiger partial charge in [-0.15, -0.1) is 0 Å². The lowest BCUT2D eigenvalue weighted by molar-refractivity contribution is -0.0635. The predicted molar refractivity (Wildman–Crippen MR) is 102 cm³/mol. The van der Waals surface area contributed by atoms with Crippen molar-refractivity contribution in [2.75, 3.05) is 13.2 Å². The number of ether oxygens (including phenoxy) is 2. The van der Waals surface area contributed by atoms with Crippen molar-refractivity contribution in [3.8, 4) is 5.75 Å². The molecule has 0 radical (unpaired) electrons. The monoisotopic (exact) mass is 390 g/mol. The first-order valence-electron chi connectivity index (χ1n) is 10.4. The molecule has 3 aliphatic carbocycles. The van der Waals surface area contributed by atoms with Crippen molar-refractivity contribution < 1.29 is 29.6 Å². The molecule has 6 nitrogen and oxygen atoms in total. The van der Waals surface area contributed by atoms with Gasteiger partial charge in [0, 0.05) is 5.41 Å². The number of phenols is 1. The second-order valence-corrected chi connectivity index (χ2v) is 8.92.